The molecule has 5 heteroatoms. The van der Waals surface area contributed by atoms with Gasteiger partial charge in [-0.1, -0.05) is 17.7 Å². The van der Waals surface area contributed by atoms with Crippen molar-refractivity contribution in [2.24, 2.45) is 0 Å². The van der Waals surface area contributed by atoms with Crippen molar-refractivity contribution in [1.82, 2.24) is 4.90 Å². The second-order valence-corrected chi connectivity index (χ2v) is 6.76. The van der Waals surface area contributed by atoms with Crippen molar-refractivity contribution in [3.05, 3.63) is 50.7 Å². The first-order valence-electron chi connectivity index (χ1n) is 6.68. The monoisotopic (exact) mass is 323 g/mol. The summed E-state index contributed by atoms with van der Waals surface area (Å²) in [5.74, 6) is 0.748. The van der Waals surface area contributed by atoms with Gasteiger partial charge in [0.1, 0.15) is 12.4 Å². The number of nitrogens with zero attached hydrogens (tertiary/aromatic N) is 1. The number of rotatable bonds is 5. The molecule has 0 fully saturated rings. The van der Waals surface area contributed by atoms with Crippen LogP contribution in [0.4, 0.5) is 0 Å². The number of benzene rings is 1. The quantitative estimate of drug-likeness (QED) is 0.826. The molecule has 112 valence electrons. The fourth-order valence-electron chi connectivity index (χ4n) is 2.01. The molecule has 0 aliphatic carbocycles. The van der Waals surface area contributed by atoms with E-state index in [2.05, 4.69) is 0 Å². The van der Waals surface area contributed by atoms with Crippen LogP contribution in [0, 0.1) is 13.8 Å². The molecule has 0 aliphatic heterocycles. The average Bonchev–Trinajstić information content (AvgIpc) is 2.77. The lowest BCUT2D eigenvalue weighted by atomic mass is 10.2. The fraction of sp³-hybridized carbons (Fsp3) is 0.312. The van der Waals surface area contributed by atoms with Crippen LogP contribution < -0.4 is 4.74 Å². The third kappa shape index (κ3) is 4.22. The van der Waals surface area contributed by atoms with E-state index in [4.69, 9.17) is 16.3 Å². The van der Waals surface area contributed by atoms with Gasteiger partial charge in [0.15, 0.2) is 0 Å². The summed E-state index contributed by atoms with van der Waals surface area (Å²) in [4.78, 5) is 16.2. The van der Waals surface area contributed by atoms with Crippen molar-refractivity contribution in [1.29, 1.82) is 0 Å². The van der Waals surface area contributed by atoms with Crippen LogP contribution in [-0.4, -0.2) is 31.0 Å². The van der Waals surface area contributed by atoms with Gasteiger partial charge in [0.25, 0.3) is 5.91 Å². The molecule has 1 amide bonds. The lowest BCUT2D eigenvalue weighted by Crippen LogP contribution is -2.31. The predicted octanol–water partition coefficient (Wildman–Crippen LogP) is 4.17. The number of carbonyl (C=O) groups excluding carboxylic acids is 1. The molecule has 0 radical (unpaired) electrons. The molecule has 3 nitrogen and oxygen atoms in total. The van der Waals surface area contributed by atoms with E-state index < -0.39 is 0 Å². The first kappa shape index (κ1) is 15.9. The molecule has 0 saturated heterocycles. The molecule has 2 aromatic rings. The van der Waals surface area contributed by atoms with Crippen LogP contribution >= 0.6 is 22.9 Å². The summed E-state index contributed by atoms with van der Waals surface area (Å²) >= 11 is 7.54. The smallest absolute Gasteiger partial charge is 0.254 e. The summed E-state index contributed by atoms with van der Waals surface area (Å²) in [7, 11) is 1.79. The molecule has 0 spiro atoms. The van der Waals surface area contributed by atoms with Gasteiger partial charge in [-0.05, 0) is 38.1 Å². The highest BCUT2D eigenvalue weighted by molar-refractivity contribution is 7.12. The normalized spacial score (nSPS) is 10.5. The second-order valence-electron chi connectivity index (χ2n) is 4.86. The zero-order valence-corrected chi connectivity index (χ0v) is 13.9. The third-order valence-electron chi connectivity index (χ3n) is 3.11. The SMILES string of the molecule is Cc1cc(C(=O)N(C)CCOc2cccc(Cl)c2)c(C)s1. The Kier molecular flexibility index (Phi) is 5.26. The van der Waals surface area contributed by atoms with Crippen LogP contribution in [0.5, 0.6) is 5.75 Å². The Morgan fingerprint density at radius 1 is 1.33 bits per heavy atom. The minimum Gasteiger partial charge on any atom is -0.492 e. The topological polar surface area (TPSA) is 29.5 Å². The minimum absolute atomic E-state index is 0.0338. The molecule has 1 heterocycles. The summed E-state index contributed by atoms with van der Waals surface area (Å²) in [6, 6.07) is 9.18. The van der Waals surface area contributed by atoms with Crippen molar-refractivity contribution in [3.63, 3.8) is 0 Å². The van der Waals surface area contributed by atoms with Gasteiger partial charge in [-0.3, -0.25) is 4.79 Å². The minimum atomic E-state index is 0.0338. The van der Waals surface area contributed by atoms with Crippen molar-refractivity contribution in [2.45, 2.75) is 13.8 Å². The summed E-state index contributed by atoms with van der Waals surface area (Å²) in [5.41, 5.74) is 0.780. The zero-order valence-electron chi connectivity index (χ0n) is 12.4. The molecule has 1 aromatic carbocycles. The molecule has 0 atom stereocenters. The van der Waals surface area contributed by atoms with Crippen molar-refractivity contribution < 1.29 is 9.53 Å². The Balaban J connectivity index is 1.88. The number of likely N-dealkylation sites (N-methyl/N-ethyl adjacent to an activating group) is 1. The summed E-state index contributed by atoms with van der Waals surface area (Å²) in [5, 5.41) is 0.640. The van der Waals surface area contributed by atoms with Crippen LogP contribution in [-0.2, 0) is 0 Å². The van der Waals surface area contributed by atoms with Crippen molar-refractivity contribution in [2.75, 3.05) is 20.2 Å². The maximum atomic E-state index is 12.3. The molecule has 1 aromatic heterocycles. The summed E-state index contributed by atoms with van der Waals surface area (Å²) in [6.45, 7) is 4.95. The van der Waals surface area contributed by atoms with Crippen LogP contribution in [0.15, 0.2) is 30.3 Å². The Hall–Kier alpha value is -1.52. The predicted molar refractivity (Wildman–Crippen MR) is 87.7 cm³/mol. The fourth-order valence-corrected chi connectivity index (χ4v) is 3.10. The molecular formula is C16H18ClNO2S. The maximum Gasteiger partial charge on any atom is 0.254 e. The Bertz CT molecular complexity index is 639. The Morgan fingerprint density at radius 2 is 2.10 bits per heavy atom. The summed E-state index contributed by atoms with van der Waals surface area (Å²) < 4.78 is 5.60. The lowest BCUT2D eigenvalue weighted by molar-refractivity contribution is 0.0773. The lowest BCUT2D eigenvalue weighted by Gasteiger charge is -2.17. The first-order chi connectivity index (χ1) is 9.97. The Morgan fingerprint density at radius 3 is 2.71 bits per heavy atom. The van der Waals surface area contributed by atoms with E-state index in [-0.39, 0.29) is 5.91 Å². The van der Waals surface area contributed by atoms with Crippen LogP contribution in [0.25, 0.3) is 0 Å². The van der Waals surface area contributed by atoms with E-state index in [0.717, 1.165) is 15.3 Å². The number of amides is 1. The largest absolute Gasteiger partial charge is 0.492 e. The maximum absolute atomic E-state index is 12.3. The first-order valence-corrected chi connectivity index (χ1v) is 7.87. The van der Waals surface area contributed by atoms with Gasteiger partial charge in [-0.2, -0.15) is 0 Å². The molecule has 0 N–H and O–H groups in total. The number of thiophene rings is 1. The number of carbonyl (C=O) groups is 1. The molecular weight excluding hydrogens is 306 g/mol. The average molecular weight is 324 g/mol. The highest BCUT2D eigenvalue weighted by Gasteiger charge is 2.16. The van der Waals surface area contributed by atoms with Gasteiger partial charge in [-0.15, -0.1) is 11.3 Å². The van der Waals surface area contributed by atoms with E-state index in [9.17, 15) is 4.79 Å². The Labute approximate surface area is 134 Å². The summed E-state index contributed by atoms with van der Waals surface area (Å²) in [6.07, 6.45) is 0. The zero-order chi connectivity index (χ0) is 15.4. The van der Waals surface area contributed by atoms with Gasteiger partial charge in [0, 0.05) is 21.8 Å². The molecule has 21 heavy (non-hydrogen) atoms. The van der Waals surface area contributed by atoms with E-state index in [1.807, 2.05) is 32.0 Å². The standard InChI is InChI=1S/C16H18ClNO2S/c1-11-9-15(12(2)21-11)16(19)18(3)7-8-20-14-6-4-5-13(17)10-14/h4-6,9-10H,7-8H2,1-3H3. The second kappa shape index (κ2) is 6.96. The van der Waals surface area contributed by atoms with Gasteiger partial charge in [0.05, 0.1) is 12.1 Å². The van der Waals surface area contributed by atoms with Gasteiger partial charge < -0.3 is 9.64 Å². The highest BCUT2D eigenvalue weighted by atomic mass is 35.5. The molecule has 0 saturated carbocycles. The van der Waals surface area contributed by atoms with Gasteiger partial charge in [-0.25, -0.2) is 0 Å². The number of aryl methyl sites for hydroxylation is 2. The molecule has 0 unspecified atom stereocenters. The third-order valence-corrected chi connectivity index (χ3v) is 4.31. The number of halogens is 1. The highest BCUT2D eigenvalue weighted by Crippen LogP contribution is 2.22. The van der Waals surface area contributed by atoms with E-state index in [0.29, 0.717) is 23.9 Å². The van der Waals surface area contributed by atoms with Crippen molar-refractivity contribution in [3.8, 4) is 5.75 Å². The van der Waals surface area contributed by atoms with Crippen molar-refractivity contribution >= 4 is 28.8 Å². The van der Waals surface area contributed by atoms with E-state index in [1.54, 1.807) is 35.4 Å². The number of ether oxygens (including phenoxy) is 1. The van der Waals surface area contributed by atoms with Crippen LogP contribution in [0.2, 0.25) is 5.02 Å². The van der Waals surface area contributed by atoms with E-state index >= 15 is 0 Å². The van der Waals surface area contributed by atoms with Gasteiger partial charge in [0.2, 0.25) is 0 Å². The molecule has 2 rings (SSSR count). The number of hydrogen-bond acceptors (Lipinski definition) is 3. The van der Waals surface area contributed by atoms with Crippen LogP contribution in [0.1, 0.15) is 20.1 Å². The van der Waals surface area contributed by atoms with Gasteiger partial charge >= 0.3 is 0 Å². The van der Waals surface area contributed by atoms with Crippen LogP contribution in [0.3, 0.4) is 0 Å². The molecule has 0 bridgehead atoms. The number of hydrogen-bond donors (Lipinski definition) is 0. The molecule has 0 aliphatic rings. The van der Waals surface area contributed by atoms with E-state index in [1.165, 1.54) is 0 Å².